The molecule has 1 fully saturated rings. The summed E-state index contributed by atoms with van der Waals surface area (Å²) in [6.45, 7) is 0.531. The van der Waals surface area contributed by atoms with Gasteiger partial charge in [0.15, 0.2) is 11.5 Å². The van der Waals surface area contributed by atoms with Crippen molar-refractivity contribution in [3.8, 4) is 11.3 Å². The number of nitrogen functional groups attached to an aromatic ring is 1. The third kappa shape index (κ3) is 3.63. The number of rotatable bonds is 6. The minimum Gasteiger partial charge on any atom is -0.399 e. The highest BCUT2D eigenvalue weighted by molar-refractivity contribution is 5.95. The van der Waals surface area contributed by atoms with E-state index in [9.17, 15) is 4.79 Å². The van der Waals surface area contributed by atoms with E-state index in [0.717, 1.165) is 40.8 Å². The Balaban J connectivity index is 1.43. The number of carbonyl (C=O) groups is 1. The zero-order chi connectivity index (χ0) is 22.4. The van der Waals surface area contributed by atoms with Crippen LogP contribution in [0.15, 0.2) is 60.9 Å². The van der Waals surface area contributed by atoms with Gasteiger partial charge in [0.05, 0.1) is 35.2 Å². The molecule has 9 nitrogen and oxygen atoms in total. The first-order valence-electron chi connectivity index (χ1n) is 10.9. The second kappa shape index (κ2) is 7.63. The number of carbonyl (C=O) groups excluding carboxylic acids is 1. The van der Waals surface area contributed by atoms with Gasteiger partial charge in [-0.1, -0.05) is 12.1 Å². The first-order valence-corrected chi connectivity index (χ1v) is 10.9. The number of nitrogens with two attached hydrogens (primary N) is 1. The number of nitrogens with one attached hydrogen (secondary N) is 3. The Morgan fingerprint density at radius 1 is 1.15 bits per heavy atom. The lowest BCUT2D eigenvalue weighted by molar-refractivity contribution is 0.0951. The quantitative estimate of drug-likeness (QED) is 0.301. The summed E-state index contributed by atoms with van der Waals surface area (Å²) in [6.07, 6.45) is 5.67. The smallest absolute Gasteiger partial charge is 0.251 e. The van der Waals surface area contributed by atoms with Crippen LogP contribution in [-0.4, -0.2) is 36.5 Å². The van der Waals surface area contributed by atoms with Gasteiger partial charge in [-0.15, -0.1) is 0 Å². The van der Waals surface area contributed by atoms with E-state index in [1.165, 1.54) is 0 Å². The molecule has 0 saturated heterocycles. The normalized spacial score (nSPS) is 13.5. The molecule has 1 saturated carbocycles. The van der Waals surface area contributed by atoms with Crippen molar-refractivity contribution in [1.82, 2.24) is 29.9 Å². The van der Waals surface area contributed by atoms with E-state index >= 15 is 0 Å². The Bertz CT molecular complexity index is 1470. The van der Waals surface area contributed by atoms with Gasteiger partial charge in [0.25, 0.3) is 5.91 Å². The molecule has 9 heteroatoms. The molecule has 0 aliphatic heterocycles. The molecule has 6 rings (SSSR count). The van der Waals surface area contributed by atoms with E-state index in [1.54, 1.807) is 6.20 Å². The van der Waals surface area contributed by atoms with Crippen molar-refractivity contribution in [1.29, 1.82) is 0 Å². The molecule has 2 aromatic carbocycles. The number of hydrogen-bond acceptors (Lipinski definition) is 6. The monoisotopic (exact) mass is 438 g/mol. The summed E-state index contributed by atoms with van der Waals surface area (Å²) in [6, 6.07) is 15.5. The largest absolute Gasteiger partial charge is 0.399 e. The average molecular weight is 438 g/mol. The van der Waals surface area contributed by atoms with E-state index in [-0.39, 0.29) is 5.91 Å². The molecule has 3 heterocycles. The van der Waals surface area contributed by atoms with Crippen molar-refractivity contribution in [3.05, 3.63) is 72.2 Å². The molecule has 0 atom stereocenters. The second-order valence-corrected chi connectivity index (χ2v) is 8.27. The van der Waals surface area contributed by atoms with E-state index in [2.05, 4.69) is 30.2 Å². The molecular formula is C24H22N8O. The van der Waals surface area contributed by atoms with Gasteiger partial charge in [0, 0.05) is 29.1 Å². The van der Waals surface area contributed by atoms with Crippen molar-refractivity contribution in [2.75, 3.05) is 11.1 Å². The van der Waals surface area contributed by atoms with E-state index in [1.807, 2.05) is 54.7 Å². The lowest BCUT2D eigenvalue weighted by Crippen LogP contribution is -2.25. The highest BCUT2D eigenvalue weighted by Crippen LogP contribution is 2.30. The molecular weight excluding hydrogens is 416 g/mol. The summed E-state index contributed by atoms with van der Waals surface area (Å²) < 4.78 is 2.07. The van der Waals surface area contributed by atoms with E-state index < -0.39 is 0 Å². The lowest BCUT2D eigenvalue weighted by atomic mass is 10.1. The van der Waals surface area contributed by atoms with Crippen LogP contribution in [0, 0.1) is 0 Å². The number of benzene rings is 2. The van der Waals surface area contributed by atoms with Gasteiger partial charge in [-0.05, 0) is 49.2 Å². The third-order valence-corrected chi connectivity index (χ3v) is 5.81. The van der Waals surface area contributed by atoms with Crippen LogP contribution < -0.4 is 16.4 Å². The van der Waals surface area contributed by atoms with Gasteiger partial charge in [0.1, 0.15) is 0 Å². The number of aromatic amines is 1. The molecule has 33 heavy (non-hydrogen) atoms. The van der Waals surface area contributed by atoms with Crippen molar-refractivity contribution >= 4 is 34.1 Å². The van der Waals surface area contributed by atoms with Crippen LogP contribution in [0.5, 0.6) is 0 Å². The number of anilines is 2. The minimum atomic E-state index is -0.0300. The van der Waals surface area contributed by atoms with Crippen LogP contribution in [0.3, 0.4) is 0 Å². The fraction of sp³-hybridized carbons (Fsp3) is 0.167. The van der Waals surface area contributed by atoms with Crippen molar-refractivity contribution in [3.63, 3.8) is 0 Å². The van der Waals surface area contributed by atoms with Crippen molar-refractivity contribution in [2.45, 2.75) is 25.4 Å². The number of aromatic nitrogens is 5. The second-order valence-electron chi connectivity index (χ2n) is 8.27. The topological polar surface area (TPSA) is 126 Å². The Labute approximate surface area is 189 Å². The zero-order valence-corrected chi connectivity index (χ0v) is 17.7. The van der Waals surface area contributed by atoms with Gasteiger partial charge < -0.3 is 16.4 Å². The summed E-state index contributed by atoms with van der Waals surface area (Å²) in [5.41, 5.74) is 12.5. The van der Waals surface area contributed by atoms with E-state index in [4.69, 9.17) is 10.7 Å². The predicted molar refractivity (Wildman–Crippen MR) is 127 cm³/mol. The molecule has 3 aromatic heterocycles. The molecule has 1 aliphatic carbocycles. The van der Waals surface area contributed by atoms with Gasteiger partial charge in [-0.2, -0.15) is 5.10 Å². The molecule has 0 spiro atoms. The molecule has 1 amide bonds. The minimum absolute atomic E-state index is 0.0300. The van der Waals surface area contributed by atoms with Crippen LogP contribution in [0.1, 0.15) is 28.9 Å². The van der Waals surface area contributed by atoms with Crippen LogP contribution in [0.4, 0.5) is 11.5 Å². The lowest BCUT2D eigenvalue weighted by Gasteiger charge is -2.12. The average Bonchev–Trinajstić information content (AvgIpc) is 3.30. The summed E-state index contributed by atoms with van der Waals surface area (Å²) in [5, 5.41) is 13.3. The van der Waals surface area contributed by atoms with Crippen molar-refractivity contribution in [2.24, 2.45) is 0 Å². The number of nitrogens with zero attached hydrogens (tertiary/aromatic N) is 4. The zero-order valence-electron chi connectivity index (χ0n) is 17.7. The summed E-state index contributed by atoms with van der Waals surface area (Å²) in [4.78, 5) is 21.8. The Morgan fingerprint density at radius 2 is 2.00 bits per heavy atom. The maximum Gasteiger partial charge on any atom is 0.251 e. The number of hydrogen-bond donors (Lipinski definition) is 4. The predicted octanol–water partition coefficient (Wildman–Crippen LogP) is 3.36. The molecule has 164 valence electrons. The fourth-order valence-corrected chi connectivity index (χ4v) is 3.93. The maximum absolute atomic E-state index is 12.4. The fourth-order valence-electron chi connectivity index (χ4n) is 3.93. The molecule has 0 unspecified atom stereocenters. The number of fused-ring (bicyclic) bond motifs is 3. The molecule has 5 aromatic rings. The summed E-state index contributed by atoms with van der Waals surface area (Å²) >= 11 is 0. The van der Waals surface area contributed by atoms with E-state index in [0.29, 0.717) is 35.3 Å². The summed E-state index contributed by atoms with van der Waals surface area (Å²) in [5.74, 6) is 0.618. The first-order chi connectivity index (χ1) is 16.2. The summed E-state index contributed by atoms with van der Waals surface area (Å²) in [7, 11) is 0. The number of imidazole rings is 1. The van der Waals surface area contributed by atoms with Crippen LogP contribution in [-0.2, 0) is 6.54 Å². The number of amides is 1. The molecule has 1 aliphatic rings. The van der Waals surface area contributed by atoms with Gasteiger partial charge >= 0.3 is 0 Å². The highest BCUT2D eigenvalue weighted by Gasteiger charge is 2.24. The molecule has 0 bridgehead atoms. The van der Waals surface area contributed by atoms with Crippen molar-refractivity contribution < 1.29 is 4.79 Å². The standard InChI is InChI=1S/C24H22N8O/c25-16-5-8-20-19(11-16)30-22(26-12-18-9-10-28-31-18)23-27-13-21(32(20)23)14-1-3-15(4-2-14)24(33)29-17-6-7-17/h1-5,8-11,13,17H,6-7,12,25H2,(H,26,30)(H,28,31)(H,29,33). The SMILES string of the molecule is Nc1ccc2c(c1)nc(NCc1ccn[nH]1)c1ncc(-c3ccc(C(=O)NC4CC4)cc3)n12. The molecule has 5 N–H and O–H groups in total. The molecule has 0 radical (unpaired) electrons. The Kier molecular flexibility index (Phi) is 4.46. The number of H-pyrrole nitrogens is 1. The Hall–Kier alpha value is -4.40. The van der Waals surface area contributed by atoms with Gasteiger partial charge in [-0.25, -0.2) is 9.97 Å². The van der Waals surface area contributed by atoms with Gasteiger partial charge in [-0.3, -0.25) is 14.3 Å². The highest BCUT2D eigenvalue weighted by atomic mass is 16.1. The van der Waals surface area contributed by atoms with Gasteiger partial charge in [0.2, 0.25) is 0 Å². The Morgan fingerprint density at radius 3 is 2.76 bits per heavy atom. The maximum atomic E-state index is 12.4. The van der Waals surface area contributed by atoms with Crippen LogP contribution >= 0.6 is 0 Å². The van der Waals surface area contributed by atoms with Crippen LogP contribution in [0.25, 0.3) is 27.9 Å². The first kappa shape index (κ1) is 19.3. The third-order valence-electron chi connectivity index (χ3n) is 5.81. The van der Waals surface area contributed by atoms with Crippen LogP contribution in [0.2, 0.25) is 0 Å².